The topological polar surface area (TPSA) is 34.1 Å². The van der Waals surface area contributed by atoms with Crippen LogP contribution in [0.15, 0.2) is 24.5 Å². The number of rotatable bonds is 5. The van der Waals surface area contributed by atoms with Crippen LogP contribution < -0.4 is 5.32 Å². The number of nitrogens with one attached hydrogen (secondary N) is 1. The highest BCUT2D eigenvalue weighted by atomic mass is 16.5. The molecule has 3 heteroatoms. The van der Waals surface area contributed by atoms with Gasteiger partial charge in [-0.3, -0.25) is 4.98 Å². The third kappa shape index (κ3) is 3.81. The van der Waals surface area contributed by atoms with Gasteiger partial charge in [-0.25, -0.2) is 0 Å². The molecule has 2 rings (SSSR count). The monoisotopic (exact) mass is 220 g/mol. The van der Waals surface area contributed by atoms with Gasteiger partial charge in [0.05, 0.1) is 12.7 Å². The molecule has 0 unspecified atom stereocenters. The van der Waals surface area contributed by atoms with E-state index in [4.69, 9.17) is 4.74 Å². The van der Waals surface area contributed by atoms with Crippen LogP contribution in [-0.4, -0.2) is 24.2 Å². The molecule has 88 valence electrons. The molecule has 0 aromatic carbocycles. The molecule has 0 spiro atoms. The molecule has 0 bridgehead atoms. The summed E-state index contributed by atoms with van der Waals surface area (Å²) in [4.78, 5) is 3.98. The summed E-state index contributed by atoms with van der Waals surface area (Å²) in [5, 5.41) is 3.32. The molecule has 0 radical (unpaired) electrons. The van der Waals surface area contributed by atoms with Crippen LogP contribution in [0.2, 0.25) is 0 Å². The minimum absolute atomic E-state index is 0.507. The first-order valence-electron chi connectivity index (χ1n) is 6.20. The summed E-state index contributed by atoms with van der Waals surface area (Å²) in [5.74, 6) is 0. The van der Waals surface area contributed by atoms with E-state index in [1.165, 1.54) is 32.1 Å². The number of hydrogen-bond acceptors (Lipinski definition) is 3. The second-order valence-electron chi connectivity index (χ2n) is 4.29. The standard InChI is InChI=1S/C13H20N2O/c1-2-4-13(5-3-1)16-11-10-15-12-6-8-14-9-7-12/h6-9,13H,1-5,10-11H2,(H,14,15). The number of hydrogen-bond donors (Lipinski definition) is 1. The Morgan fingerprint density at radius 3 is 2.69 bits per heavy atom. The van der Waals surface area contributed by atoms with Crippen LogP contribution in [0, 0.1) is 0 Å². The first-order valence-corrected chi connectivity index (χ1v) is 6.20. The average Bonchev–Trinajstić information content (AvgIpc) is 2.37. The van der Waals surface area contributed by atoms with E-state index in [2.05, 4.69) is 10.3 Å². The fourth-order valence-electron chi connectivity index (χ4n) is 2.12. The van der Waals surface area contributed by atoms with Crippen molar-refractivity contribution in [3.63, 3.8) is 0 Å². The molecule has 0 atom stereocenters. The first-order chi connectivity index (χ1) is 7.95. The molecule has 1 saturated carbocycles. The van der Waals surface area contributed by atoms with Crippen molar-refractivity contribution >= 4 is 5.69 Å². The lowest BCUT2D eigenvalue weighted by atomic mass is 9.98. The molecular weight excluding hydrogens is 200 g/mol. The van der Waals surface area contributed by atoms with Crippen LogP contribution >= 0.6 is 0 Å². The number of ether oxygens (including phenoxy) is 1. The largest absolute Gasteiger partial charge is 0.383 e. The quantitative estimate of drug-likeness (QED) is 0.775. The van der Waals surface area contributed by atoms with Gasteiger partial charge in [0.15, 0.2) is 0 Å². The van der Waals surface area contributed by atoms with Gasteiger partial charge in [-0.1, -0.05) is 19.3 Å². The van der Waals surface area contributed by atoms with Crippen molar-refractivity contribution in [3.05, 3.63) is 24.5 Å². The van der Waals surface area contributed by atoms with E-state index in [1.54, 1.807) is 12.4 Å². The summed E-state index contributed by atoms with van der Waals surface area (Å²) >= 11 is 0. The lowest BCUT2D eigenvalue weighted by Crippen LogP contribution is -2.20. The SMILES string of the molecule is c1cc(NCCOC2CCCCC2)ccn1. The van der Waals surface area contributed by atoms with E-state index in [0.29, 0.717) is 6.10 Å². The predicted octanol–water partition coefficient (Wildman–Crippen LogP) is 2.84. The Morgan fingerprint density at radius 1 is 1.19 bits per heavy atom. The Hall–Kier alpha value is -1.09. The van der Waals surface area contributed by atoms with E-state index in [-0.39, 0.29) is 0 Å². The van der Waals surface area contributed by atoms with Crippen molar-refractivity contribution in [1.29, 1.82) is 0 Å². The van der Waals surface area contributed by atoms with Crippen molar-refractivity contribution in [2.75, 3.05) is 18.5 Å². The van der Waals surface area contributed by atoms with Crippen LogP contribution in [0.5, 0.6) is 0 Å². The number of pyridine rings is 1. The van der Waals surface area contributed by atoms with Gasteiger partial charge in [0, 0.05) is 24.6 Å². The second kappa shape index (κ2) is 6.48. The minimum Gasteiger partial charge on any atom is -0.383 e. The van der Waals surface area contributed by atoms with Gasteiger partial charge in [0.1, 0.15) is 0 Å². The summed E-state index contributed by atoms with van der Waals surface area (Å²) < 4.78 is 5.83. The van der Waals surface area contributed by atoms with Crippen LogP contribution in [0.3, 0.4) is 0 Å². The van der Waals surface area contributed by atoms with E-state index < -0.39 is 0 Å². The zero-order valence-electron chi connectivity index (χ0n) is 9.69. The summed E-state index contributed by atoms with van der Waals surface area (Å²) in [6.07, 6.45) is 10.6. The van der Waals surface area contributed by atoms with Crippen molar-refractivity contribution in [3.8, 4) is 0 Å². The number of aromatic nitrogens is 1. The van der Waals surface area contributed by atoms with Crippen LogP contribution in [0.1, 0.15) is 32.1 Å². The maximum absolute atomic E-state index is 5.83. The molecular formula is C13H20N2O. The van der Waals surface area contributed by atoms with Crippen molar-refractivity contribution in [1.82, 2.24) is 4.98 Å². The molecule has 0 amide bonds. The fourth-order valence-corrected chi connectivity index (χ4v) is 2.12. The summed E-state index contributed by atoms with van der Waals surface area (Å²) in [6.45, 7) is 1.67. The lowest BCUT2D eigenvalue weighted by Gasteiger charge is -2.22. The molecule has 1 heterocycles. The molecule has 1 aromatic rings. The van der Waals surface area contributed by atoms with Crippen molar-refractivity contribution in [2.24, 2.45) is 0 Å². The molecule has 0 aliphatic heterocycles. The molecule has 1 fully saturated rings. The predicted molar refractivity (Wildman–Crippen MR) is 65.6 cm³/mol. The van der Waals surface area contributed by atoms with Crippen LogP contribution in [0.25, 0.3) is 0 Å². The summed E-state index contributed by atoms with van der Waals surface area (Å²) in [5.41, 5.74) is 1.11. The van der Waals surface area contributed by atoms with E-state index >= 15 is 0 Å². The summed E-state index contributed by atoms with van der Waals surface area (Å²) in [7, 11) is 0. The zero-order chi connectivity index (χ0) is 11.1. The first kappa shape index (κ1) is 11.4. The lowest BCUT2D eigenvalue weighted by molar-refractivity contribution is 0.0347. The Balaban J connectivity index is 1.58. The van der Waals surface area contributed by atoms with Crippen molar-refractivity contribution in [2.45, 2.75) is 38.2 Å². The van der Waals surface area contributed by atoms with Gasteiger partial charge in [-0.2, -0.15) is 0 Å². The maximum Gasteiger partial charge on any atom is 0.0642 e. The number of anilines is 1. The minimum atomic E-state index is 0.507. The fraction of sp³-hybridized carbons (Fsp3) is 0.615. The van der Waals surface area contributed by atoms with E-state index in [9.17, 15) is 0 Å². The smallest absolute Gasteiger partial charge is 0.0642 e. The highest BCUT2D eigenvalue weighted by Gasteiger charge is 2.12. The highest BCUT2D eigenvalue weighted by molar-refractivity contribution is 5.40. The van der Waals surface area contributed by atoms with E-state index in [1.807, 2.05) is 12.1 Å². The van der Waals surface area contributed by atoms with Crippen LogP contribution in [-0.2, 0) is 4.74 Å². The average molecular weight is 220 g/mol. The van der Waals surface area contributed by atoms with Crippen LogP contribution in [0.4, 0.5) is 5.69 Å². The molecule has 1 aromatic heterocycles. The number of nitrogens with zero attached hydrogens (tertiary/aromatic N) is 1. The van der Waals surface area contributed by atoms with Gasteiger partial charge in [-0.05, 0) is 25.0 Å². The second-order valence-corrected chi connectivity index (χ2v) is 4.29. The zero-order valence-corrected chi connectivity index (χ0v) is 9.69. The molecule has 0 saturated heterocycles. The molecule has 1 aliphatic carbocycles. The van der Waals surface area contributed by atoms with Gasteiger partial charge in [0.25, 0.3) is 0 Å². The van der Waals surface area contributed by atoms with Gasteiger partial charge in [-0.15, -0.1) is 0 Å². The van der Waals surface area contributed by atoms with Gasteiger partial charge in [0.2, 0.25) is 0 Å². The molecule has 1 N–H and O–H groups in total. The van der Waals surface area contributed by atoms with Gasteiger partial charge >= 0.3 is 0 Å². The summed E-state index contributed by atoms with van der Waals surface area (Å²) in [6, 6.07) is 3.95. The molecule has 1 aliphatic rings. The highest BCUT2D eigenvalue weighted by Crippen LogP contribution is 2.19. The molecule has 3 nitrogen and oxygen atoms in total. The Morgan fingerprint density at radius 2 is 1.94 bits per heavy atom. The normalized spacial score (nSPS) is 17.2. The third-order valence-corrected chi connectivity index (χ3v) is 3.02. The molecule has 16 heavy (non-hydrogen) atoms. The maximum atomic E-state index is 5.83. The van der Waals surface area contributed by atoms with E-state index in [0.717, 1.165) is 18.8 Å². The Labute approximate surface area is 97.2 Å². The van der Waals surface area contributed by atoms with Crippen molar-refractivity contribution < 1.29 is 4.74 Å². The third-order valence-electron chi connectivity index (χ3n) is 3.02. The Kier molecular flexibility index (Phi) is 4.62. The Bertz CT molecular complexity index is 283. The van der Waals surface area contributed by atoms with Gasteiger partial charge < -0.3 is 10.1 Å².